The summed E-state index contributed by atoms with van der Waals surface area (Å²) >= 11 is 0. The molecule has 0 atom stereocenters. The number of oxazole rings is 1. The number of fused-ring (bicyclic) bond motifs is 7. The zero-order valence-corrected chi connectivity index (χ0v) is 28.5. The van der Waals surface area contributed by atoms with E-state index in [0.717, 1.165) is 66.4 Å². The van der Waals surface area contributed by atoms with Gasteiger partial charge in [0.25, 0.3) is 0 Å². The summed E-state index contributed by atoms with van der Waals surface area (Å²) in [4.78, 5) is 7.28. The van der Waals surface area contributed by atoms with Crippen molar-refractivity contribution in [3.63, 3.8) is 0 Å². The molecule has 4 heteroatoms. The molecule has 0 unspecified atom stereocenters. The van der Waals surface area contributed by atoms with Gasteiger partial charge in [0, 0.05) is 39.2 Å². The Balaban J connectivity index is 1.06. The molecule has 0 amide bonds. The summed E-state index contributed by atoms with van der Waals surface area (Å²) in [7, 11) is 0. The van der Waals surface area contributed by atoms with Crippen LogP contribution in [-0.4, -0.2) is 4.98 Å². The molecule has 0 fully saturated rings. The zero-order chi connectivity index (χ0) is 34.9. The van der Waals surface area contributed by atoms with Gasteiger partial charge in [0.15, 0.2) is 5.58 Å². The van der Waals surface area contributed by atoms with Crippen molar-refractivity contribution in [1.82, 2.24) is 4.98 Å². The third kappa shape index (κ3) is 4.80. The normalized spacial score (nSPS) is 11.8. The van der Waals surface area contributed by atoms with E-state index in [1.807, 2.05) is 24.3 Å². The summed E-state index contributed by atoms with van der Waals surface area (Å²) in [6.07, 6.45) is 0. The summed E-state index contributed by atoms with van der Waals surface area (Å²) in [5, 5.41) is 9.09. The van der Waals surface area contributed by atoms with Crippen molar-refractivity contribution in [2.24, 2.45) is 0 Å². The molecule has 0 N–H and O–H groups in total. The summed E-state index contributed by atoms with van der Waals surface area (Å²) in [5.74, 6) is 0.580. The maximum absolute atomic E-state index is 6.62. The highest BCUT2D eigenvalue weighted by Gasteiger charge is 2.21. The third-order valence-corrected chi connectivity index (χ3v) is 10.5. The number of hydrogen-bond acceptors (Lipinski definition) is 4. The molecule has 11 rings (SSSR count). The largest absolute Gasteiger partial charge is 0.456 e. The number of benzene rings is 9. The average Bonchev–Trinajstić information content (AvgIpc) is 3.81. The van der Waals surface area contributed by atoms with Crippen molar-refractivity contribution in [3.8, 4) is 22.6 Å². The molecule has 53 heavy (non-hydrogen) atoms. The van der Waals surface area contributed by atoms with E-state index in [1.54, 1.807) is 0 Å². The number of furan rings is 1. The highest BCUT2D eigenvalue weighted by atomic mass is 16.3. The molecule has 0 bridgehead atoms. The fourth-order valence-electron chi connectivity index (χ4n) is 7.96. The fourth-order valence-corrected chi connectivity index (χ4v) is 7.96. The van der Waals surface area contributed by atoms with Crippen LogP contribution in [-0.2, 0) is 0 Å². The van der Waals surface area contributed by atoms with Crippen molar-refractivity contribution >= 4 is 82.4 Å². The zero-order valence-electron chi connectivity index (χ0n) is 28.5. The van der Waals surface area contributed by atoms with Crippen LogP contribution in [0.5, 0.6) is 0 Å². The highest BCUT2D eigenvalue weighted by molar-refractivity contribution is 6.13. The monoisotopic (exact) mass is 678 g/mol. The fraction of sp³-hybridized carbons (Fsp3) is 0. The Bertz CT molecular complexity index is 3130. The molecule has 0 aliphatic heterocycles. The van der Waals surface area contributed by atoms with Gasteiger partial charge < -0.3 is 13.7 Å². The van der Waals surface area contributed by atoms with E-state index < -0.39 is 0 Å². The number of rotatable bonds is 5. The molecule has 248 valence electrons. The summed E-state index contributed by atoms with van der Waals surface area (Å²) in [6, 6.07) is 64.0. The number of anilines is 3. The minimum atomic E-state index is 0.580. The van der Waals surface area contributed by atoms with Crippen LogP contribution in [0.25, 0.3) is 87.9 Å². The van der Waals surface area contributed by atoms with E-state index in [2.05, 4.69) is 163 Å². The minimum absolute atomic E-state index is 0.580. The van der Waals surface area contributed by atoms with Gasteiger partial charge in [-0.25, -0.2) is 4.98 Å². The second-order valence-corrected chi connectivity index (χ2v) is 13.6. The SMILES string of the molecule is c1ccc2cc3oc(-c4cccc5oc6cc(N(c7ccc(-c8cccc9ccccc89)cc7)c7cccc8ccccc78)ccc6c45)nc3cc2c1. The van der Waals surface area contributed by atoms with Crippen LogP contribution in [0.1, 0.15) is 0 Å². The van der Waals surface area contributed by atoms with Crippen molar-refractivity contribution in [3.05, 3.63) is 182 Å². The van der Waals surface area contributed by atoms with E-state index in [1.165, 1.54) is 32.7 Å². The minimum Gasteiger partial charge on any atom is -0.456 e. The molecule has 0 saturated heterocycles. The first-order valence-corrected chi connectivity index (χ1v) is 17.9. The molecule has 0 saturated carbocycles. The third-order valence-electron chi connectivity index (χ3n) is 10.5. The van der Waals surface area contributed by atoms with Crippen molar-refractivity contribution in [1.29, 1.82) is 0 Å². The lowest BCUT2D eigenvalue weighted by Crippen LogP contribution is -2.10. The Morgan fingerprint density at radius 3 is 1.87 bits per heavy atom. The van der Waals surface area contributed by atoms with Gasteiger partial charge in [0.05, 0.1) is 5.69 Å². The standard InChI is InChI=1S/C49H30N2O2/c1-2-13-35-29-47-43(28-34(35)12-1)50-49(53-47)42-19-9-21-45-48(42)41-27-26-37(30-46(41)52-45)51(44-20-8-15-32-11-4-6-17-40(32)44)36-24-22-33(23-25-36)39-18-7-14-31-10-3-5-16-38(31)39/h1-30H. The van der Waals surface area contributed by atoms with Crippen LogP contribution < -0.4 is 4.90 Å². The molecule has 0 radical (unpaired) electrons. The molecular formula is C49H30N2O2. The Hall–Kier alpha value is -7.17. The van der Waals surface area contributed by atoms with Crippen LogP contribution in [0.3, 0.4) is 0 Å². The maximum Gasteiger partial charge on any atom is 0.228 e. The molecule has 11 aromatic rings. The molecular weight excluding hydrogens is 649 g/mol. The Morgan fingerprint density at radius 1 is 0.396 bits per heavy atom. The van der Waals surface area contributed by atoms with Gasteiger partial charge in [-0.1, -0.05) is 121 Å². The van der Waals surface area contributed by atoms with Gasteiger partial charge in [0.1, 0.15) is 16.7 Å². The lowest BCUT2D eigenvalue weighted by molar-refractivity contribution is 0.620. The summed E-state index contributed by atoms with van der Waals surface area (Å²) < 4.78 is 13.0. The molecule has 9 aromatic carbocycles. The molecule has 0 spiro atoms. The molecule has 2 aromatic heterocycles. The van der Waals surface area contributed by atoms with Crippen LogP contribution in [0.15, 0.2) is 191 Å². The number of hydrogen-bond donors (Lipinski definition) is 0. The van der Waals surface area contributed by atoms with Crippen molar-refractivity contribution in [2.75, 3.05) is 4.90 Å². The Kier molecular flexibility index (Phi) is 6.52. The first-order chi connectivity index (χ1) is 26.2. The van der Waals surface area contributed by atoms with Crippen LogP contribution >= 0.6 is 0 Å². The quantitative estimate of drug-likeness (QED) is 0.182. The summed E-state index contributed by atoms with van der Waals surface area (Å²) in [5.41, 5.74) is 9.64. The molecule has 2 heterocycles. The lowest BCUT2D eigenvalue weighted by atomic mass is 9.98. The van der Waals surface area contributed by atoms with Gasteiger partial charge in [-0.2, -0.15) is 0 Å². The van der Waals surface area contributed by atoms with Gasteiger partial charge in [-0.05, 0) is 92.7 Å². The maximum atomic E-state index is 6.62. The number of aromatic nitrogens is 1. The van der Waals surface area contributed by atoms with Gasteiger partial charge >= 0.3 is 0 Å². The Morgan fingerprint density at radius 2 is 1.04 bits per heavy atom. The molecule has 0 aliphatic rings. The average molecular weight is 679 g/mol. The predicted octanol–water partition coefficient (Wildman–Crippen LogP) is 14.0. The van der Waals surface area contributed by atoms with Crippen LogP contribution in [0, 0.1) is 0 Å². The second-order valence-electron chi connectivity index (χ2n) is 13.6. The first-order valence-electron chi connectivity index (χ1n) is 17.9. The van der Waals surface area contributed by atoms with E-state index in [0.29, 0.717) is 5.89 Å². The topological polar surface area (TPSA) is 42.4 Å². The second kappa shape index (κ2) is 11.7. The molecule has 0 aliphatic carbocycles. The predicted molar refractivity (Wildman–Crippen MR) is 219 cm³/mol. The van der Waals surface area contributed by atoms with Crippen molar-refractivity contribution < 1.29 is 8.83 Å². The van der Waals surface area contributed by atoms with Gasteiger partial charge in [0.2, 0.25) is 5.89 Å². The lowest BCUT2D eigenvalue weighted by Gasteiger charge is -2.27. The van der Waals surface area contributed by atoms with Gasteiger partial charge in [-0.15, -0.1) is 0 Å². The molecule has 4 nitrogen and oxygen atoms in total. The van der Waals surface area contributed by atoms with E-state index >= 15 is 0 Å². The smallest absolute Gasteiger partial charge is 0.228 e. The van der Waals surface area contributed by atoms with E-state index in [4.69, 9.17) is 13.8 Å². The van der Waals surface area contributed by atoms with Crippen LogP contribution in [0.2, 0.25) is 0 Å². The Labute approximate surface area is 304 Å². The van der Waals surface area contributed by atoms with E-state index in [-0.39, 0.29) is 0 Å². The number of nitrogens with zero attached hydrogens (tertiary/aromatic N) is 2. The highest BCUT2D eigenvalue weighted by Crippen LogP contribution is 2.44. The summed E-state index contributed by atoms with van der Waals surface area (Å²) in [6.45, 7) is 0. The first kappa shape index (κ1) is 29.5. The van der Waals surface area contributed by atoms with Crippen molar-refractivity contribution in [2.45, 2.75) is 0 Å². The van der Waals surface area contributed by atoms with Gasteiger partial charge in [-0.3, -0.25) is 0 Å². The van der Waals surface area contributed by atoms with Crippen LogP contribution in [0.4, 0.5) is 17.1 Å². The van der Waals surface area contributed by atoms with E-state index in [9.17, 15) is 0 Å².